The van der Waals surface area contributed by atoms with E-state index in [-0.39, 0.29) is 12.5 Å². The first kappa shape index (κ1) is 12.4. The zero-order valence-electron chi connectivity index (χ0n) is 10.3. The molecule has 0 saturated carbocycles. The molecule has 0 radical (unpaired) electrons. The van der Waals surface area contributed by atoms with E-state index in [0.29, 0.717) is 11.4 Å². The fraction of sp³-hybridized carbons (Fsp3) is 0.231. The molecule has 0 atom stereocenters. The van der Waals surface area contributed by atoms with E-state index >= 15 is 0 Å². The van der Waals surface area contributed by atoms with Gasteiger partial charge in [-0.15, -0.1) is 11.3 Å². The van der Waals surface area contributed by atoms with Crippen LogP contribution in [0.1, 0.15) is 11.8 Å². The molecular weight excluding hydrogens is 280 g/mol. The molecule has 0 saturated heterocycles. The molecule has 0 spiro atoms. The van der Waals surface area contributed by atoms with E-state index < -0.39 is 0 Å². The number of carbonyl (C=O) groups is 1. The molecule has 1 aliphatic heterocycles. The Balaban J connectivity index is 2.08. The highest BCUT2D eigenvalue weighted by atomic mass is 32.1. The first-order chi connectivity index (χ1) is 9.17. The molecule has 0 aliphatic carbocycles. The molecule has 3 rings (SSSR count). The van der Waals surface area contributed by atoms with Crippen LogP contribution in [-0.4, -0.2) is 17.5 Å². The van der Waals surface area contributed by atoms with Crippen molar-refractivity contribution in [3.63, 3.8) is 0 Å². The zero-order chi connectivity index (χ0) is 13.4. The Kier molecular flexibility index (Phi) is 3.12. The van der Waals surface area contributed by atoms with Gasteiger partial charge in [-0.3, -0.25) is 4.79 Å². The molecule has 98 valence electrons. The third-order valence-electron chi connectivity index (χ3n) is 2.94. The molecule has 6 heteroatoms. The predicted octanol–water partition coefficient (Wildman–Crippen LogP) is 3.37. The molecular formula is C13H12N2O2S2. The van der Waals surface area contributed by atoms with E-state index in [2.05, 4.69) is 17.2 Å². The maximum Gasteiger partial charge on any atom is 0.262 e. The van der Waals surface area contributed by atoms with Crippen molar-refractivity contribution in [1.82, 2.24) is 4.98 Å². The van der Waals surface area contributed by atoms with Crippen LogP contribution in [0, 0.1) is 3.95 Å². The largest absolute Gasteiger partial charge is 0.482 e. The summed E-state index contributed by atoms with van der Waals surface area (Å²) in [5.74, 6) is 0.578. The Hall–Kier alpha value is -1.66. The number of amides is 1. The van der Waals surface area contributed by atoms with Crippen LogP contribution in [0.2, 0.25) is 0 Å². The van der Waals surface area contributed by atoms with Gasteiger partial charge in [0.05, 0.1) is 11.4 Å². The Bertz CT molecular complexity index is 703. The first-order valence-electron chi connectivity index (χ1n) is 5.96. The second-order valence-corrected chi connectivity index (χ2v) is 5.99. The van der Waals surface area contributed by atoms with Crippen LogP contribution in [0.4, 0.5) is 5.69 Å². The topological polar surface area (TPSA) is 54.1 Å². The molecule has 0 bridgehead atoms. The van der Waals surface area contributed by atoms with Crippen molar-refractivity contribution in [2.45, 2.75) is 13.3 Å². The molecule has 1 aromatic heterocycles. The van der Waals surface area contributed by atoms with E-state index in [9.17, 15) is 4.79 Å². The molecule has 4 nitrogen and oxygen atoms in total. The highest BCUT2D eigenvalue weighted by Crippen LogP contribution is 2.34. The number of nitrogens with one attached hydrogen (secondary N) is 2. The summed E-state index contributed by atoms with van der Waals surface area (Å²) in [5.41, 5.74) is 2.75. The molecule has 0 unspecified atom stereocenters. The number of hydrogen-bond donors (Lipinski definition) is 2. The van der Waals surface area contributed by atoms with Gasteiger partial charge in [-0.1, -0.05) is 6.92 Å². The number of anilines is 1. The summed E-state index contributed by atoms with van der Waals surface area (Å²) < 4.78 is 6.12. The lowest BCUT2D eigenvalue weighted by Crippen LogP contribution is -2.25. The minimum absolute atomic E-state index is 0.0768. The lowest BCUT2D eigenvalue weighted by atomic mass is 10.1. The van der Waals surface area contributed by atoms with Crippen molar-refractivity contribution < 1.29 is 9.53 Å². The Labute approximate surface area is 119 Å². The minimum atomic E-state index is -0.126. The number of benzene rings is 1. The first-order valence-corrected chi connectivity index (χ1v) is 7.19. The maximum atomic E-state index is 11.3. The highest BCUT2D eigenvalue weighted by Gasteiger charge is 2.17. The maximum absolute atomic E-state index is 11.3. The summed E-state index contributed by atoms with van der Waals surface area (Å²) in [6.45, 7) is 2.18. The SMILES string of the molecule is CCc1sc(=S)[nH]c1-c1ccc2c(c1)NC(=O)CO2. The smallest absolute Gasteiger partial charge is 0.262 e. The number of hydrogen-bond acceptors (Lipinski definition) is 4. The monoisotopic (exact) mass is 292 g/mol. The molecule has 1 aliphatic rings. The van der Waals surface area contributed by atoms with Crippen LogP contribution in [0.3, 0.4) is 0 Å². The Morgan fingerprint density at radius 3 is 3.11 bits per heavy atom. The molecule has 2 N–H and O–H groups in total. The number of rotatable bonds is 2. The van der Waals surface area contributed by atoms with E-state index in [1.54, 1.807) is 11.3 Å². The van der Waals surface area contributed by atoms with E-state index in [0.717, 1.165) is 21.6 Å². The van der Waals surface area contributed by atoms with Gasteiger partial charge < -0.3 is 15.0 Å². The van der Waals surface area contributed by atoms with Crippen LogP contribution in [0.5, 0.6) is 5.75 Å². The van der Waals surface area contributed by atoms with Gasteiger partial charge >= 0.3 is 0 Å². The average molecular weight is 292 g/mol. The minimum Gasteiger partial charge on any atom is -0.482 e. The van der Waals surface area contributed by atoms with Crippen molar-refractivity contribution in [1.29, 1.82) is 0 Å². The number of H-pyrrole nitrogens is 1. The normalized spacial score (nSPS) is 13.6. The van der Waals surface area contributed by atoms with E-state index in [1.165, 1.54) is 4.88 Å². The number of aromatic amines is 1. The number of aromatic nitrogens is 1. The number of carbonyl (C=O) groups excluding carboxylic acids is 1. The van der Waals surface area contributed by atoms with Gasteiger partial charge in [0.25, 0.3) is 5.91 Å². The fourth-order valence-corrected chi connectivity index (χ4v) is 3.28. The van der Waals surface area contributed by atoms with Crippen molar-refractivity contribution in [2.24, 2.45) is 0 Å². The number of ether oxygens (including phenoxy) is 1. The van der Waals surface area contributed by atoms with Gasteiger partial charge in [0, 0.05) is 10.4 Å². The summed E-state index contributed by atoms with van der Waals surface area (Å²) in [6, 6.07) is 5.76. The predicted molar refractivity (Wildman–Crippen MR) is 78.4 cm³/mol. The third kappa shape index (κ3) is 2.29. The van der Waals surface area contributed by atoms with Crippen LogP contribution >= 0.6 is 23.6 Å². The molecule has 2 aromatic rings. The van der Waals surface area contributed by atoms with Crippen LogP contribution in [-0.2, 0) is 11.2 Å². The van der Waals surface area contributed by atoms with Crippen molar-refractivity contribution in [2.75, 3.05) is 11.9 Å². The number of thiazole rings is 1. The van der Waals surface area contributed by atoms with Gasteiger partial charge in [0.1, 0.15) is 5.75 Å². The third-order valence-corrected chi connectivity index (χ3v) is 4.32. The summed E-state index contributed by atoms with van der Waals surface area (Å²) in [7, 11) is 0. The Morgan fingerprint density at radius 1 is 1.47 bits per heavy atom. The molecule has 1 aromatic carbocycles. The summed E-state index contributed by atoms with van der Waals surface area (Å²) >= 11 is 6.78. The molecule has 1 amide bonds. The highest BCUT2D eigenvalue weighted by molar-refractivity contribution is 7.73. The van der Waals surface area contributed by atoms with Crippen LogP contribution < -0.4 is 10.1 Å². The van der Waals surface area contributed by atoms with Gasteiger partial charge in [0.15, 0.2) is 10.6 Å². The number of aryl methyl sites for hydroxylation is 1. The fourth-order valence-electron chi connectivity index (χ4n) is 2.08. The lowest BCUT2D eigenvalue weighted by molar-refractivity contribution is -0.118. The van der Waals surface area contributed by atoms with Gasteiger partial charge in [-0.2, -0.15) is 0 Å². The standard InChI is InChI=1S/C13H12N2O2S2/c1-2-10-12(15-13(18)19-10)7-3-4-9-8(5-7)14-11(16)6-17-9/h3-5H,2,6H2,1H3,(H,14,16)(H,15,18). The van der Waals surface area contributed by atoms with Crippen molar-refractivity contribution in [3.05, 3.63) is 27.0 Å². The number of fused-ring (bicyclic) bond motifs is 1. The van der Waals surface area contributed by atoms with Gasteiger partial charge in [-0.05, 0) is 36.8 Å². The van der Waals surface area contributed by atoms with E-state index in [4.69, 9.17) is 17.0 Å². The quantitative estimate of drug-likeness (QED) is 0.834. The molecule has 0 fully saturated rings. The summed E-state index contributed by atoms with van der Waals surface area (Å²) in [6.07, 6.45) is 0.924. The van der Waals surface area contributed by atoms with E-state index in [1.807, 2.05) is 18.2 Å². The summed E-state index contributed by atoms with van der Waals surface area (Å²) in [5, 5.41) is 2.81. The second kappa shape index (κ2) is 4.79. The second-order valence-electron chi connectivity index (χ2n) is 4.21. The van der Waals surface area contributed by atoms with Crippen molar-refractivity contribution in [3.8, 4) is 17.0 Å². The molecule has 19 heavy (non-hydrogen) atoms. The summed E-state index contributed by atoms with van der Waals surface area (Å²) in [4.78, 5) is 15.8. The van der Waals surface area contributed by atoms with Gasteiger partial charge in [-0.25, -0.2) is 0 Å². The lowest BCUT2D eigenvalue weighted by Gasteiger charge is -2.18. The average Bonchev–Trinajstić information content (AvgIpc) is 2.79. The zero-order valence-corrected chi connectivity index (χ0v) is 11.9. The van der Waals surface area contributed by atoms with Gasteiger partial charge in [0.2, 0.25) is 0 Å². The molecule has 2 heterocycles. The van der Waals surface area contributed by atoms with Crippen LogP contribution in [0.25, 0.3) is 11.3 Å². The van der Waals surface area contributed by atoms with Crippen LogP contribution in [0.15, 0.2) is 18.2 Å². The van der Waals surface area contributed by atoms with Crippen molar-refractivity contribution >= 4 is 35.1 Å². The Morgan fingerprint density at radius 2 is 2.32 bits per heavy atom.